The van der Waals surface area contributed by atoms with Crippen molar-refractivity contribution < 1.29 is 19.4 Å². The summed E-state index contributed by atoms with van der Waals surface area (Å²) in [7, 11) is 0. The van der Waals surface area contributed by atoms with Crippen molar-refractivity contribution in [1.82, 2.24) is 14.7 Å². The molecule has 3 rings (SSSR count). The average Bonchev–Trinajstić information content (AvgIpc) is 2.99. The first-order valence-electron chi connectivity index (χ1n) is 10.1. The molecule has 1 aliphatic heterocycles. The molecule has 0 radical (unpaired) electrons. The summed E-state index contributed by atoms with van der Waals surface area (Å²) in [5.41, 5.74) is 4.21. The normalized spacial score (nSPS) is 17.0. The topological polar surface area (TPSA) is 84.7 Å². The number of carboxylic acid groups (broad SMARTS) is 1. The number of rotatable bonds is 6. The molecule has 1 aromatic carbocycles. The molecule has 1 amide bonds. The summed E-state index contributed by atoms with van der Waals surface area (Å²) < 4.78 is 7.56. The van der Waals surface area contributed by atoms with Crippen LogP contribution in [0.3, 0.4) is 0 Å². The molecule has 0 spiro atoms. The number of benzene rings is 1. The van der Waals surface area contributed by atoms with E-state index in [4.69, 9.17) is 9.84 Å². The van der Waals surface area contributed by atoms with Crippen LogP contribution >= 0.6 is 0 Å². The Hall–Kier alpha value is -2.67. The largest absolute Gasteiger partial charge is 0.481 e. The van der Waals surface area contributed by atoms with Gasteiger partial charge in [-0.15, -0.1) is 0 Å². The highest BCUT2D eigenvalue weighted by Gasteiger charge is 2.27. The fourth-order valence-electron chi connectivity index (χ4n) is 3.71. The highest BCUT2D eigenvalue weighted by atomic mass is 16.5. The van der Waals surface area contributed by atoms with Gasteiger partial charge in [-0.2, -0.15) is 5.10 Å². The third-order valence-electron chi connectivity index (χ3n) is 5.51. The van der Waals surface area contributed by atoms with Crippen LogP contribution in [0.15, 0.2) is 24.3 Å². The SMILES string of the molecule is Cc1nn(-c2ccc(C(=O)N3CCOC(C(C)C)C3)cc2)c(C)c1CCC(=O)O. The zero-order valence-electron chi connectivity index (χ0n) is 17.5. The molecule has 1 atom stereocenters. The van der Waals surface area contributed by atoms with Gasteiger partial charge in [-0.05, 0) is 56.0 Å². The van der Waals surface area contributed by atoms with Crippen LogP contribution < -0.4 is 0 Å². The Bertz CT molecular complexity index is 886. The molecule has 0 bridgehead atoms. The van der Waals surface area contributed by atoms with Gasteiger partial charge >= 0.3 is 5.97 Å². The summed E-state index contributed by atoms with van der Waals surface area (Å²) in [6, 6.07) is 7.41. The van der Waals surface area contributed by atoms with Crippen LogP contribution in [0, 0.1) is 19.8 Å². The molecule has 7 heteroatoms. The van der Waals surface area contributed by atoms with Gasteiger partial charge < -0.3 is 14.7 Å². The standard InChI is InChI=1S/C22H29N3O4/c1-14(2)20-13-24(11-12-29-20)22(28)17-5-7-18(8-6-17)25-16(4)19(15(3)23-25)9-10-21(26)27/h5-8,14,20H,9-13H2,1-4H3,(H,26,27). The lowest BCUT2D eigenvalue weighted by Crippen LogP contribution is -2.47. The third-order valence-corrected chi connectivity index (χ3v) is 5.51. The molecule has 7 nitrogen and oxygen atoms in total. The molecule has 0 aliphatic carbocycles. The van der Waals surface area contributed by atoms with Crippen molar-refractivity contribution in [3.63, 3.8) is 0 Å². The van der Waals surface area contributed by atoms with Gasteiger partial charge in [0.05, 0.1) is 24.1 Å². The molecular formula is C22H29N3O4. The van der Waals surface area contributed by atoms with E-state index in [1.165, 1.54) is 0 Å². The maximum atomic E-state index is 12.9. The van der Waals surface area contributed by atoms with E-state index in [0.717, 1.165) is 22.6 Å². The average molecular weight is 399 g/mol. The van der Waals surface area contributed by atoms with E-state index in [0.29, 0.717) is 37.6 Å². The summed E-state index contributed by atoms with van der Waals surface area (Å²) in [4.78, 5) is 25.6. The van der Waals surface area contributed by atoms with Crippen molar-refractivity contribution in [2.75, 3.05) is 19.7 Å². The zero-order valence-corrected chi connectivity index (χ0v) is 17.5. The molecule has 156 valence electrons. The second-order valence-electron chi connectivity index (χ2n) is 7.91. The van der Waals surface area contributed by atoms with Gasteiger partial charge in [-0.1, -0.05) is 13.8 Å². The van der Waals surface area contributed by atoms with E-state index in [9.17, 15) is 9.59 Å². The lowest BCUT2D eigenvalue weighted by atomic mass is 10.0. The van der Waals surface area contributed by atoms with E-state index < -0.39 is 5.97 Å². The second kappa shape index (κ2) is 8.78. The molecule has 2 heterocycles. The molecule has 1 unspecified atom stereocenters. The summed E-state index contributed by atoms with van der Waals surface area (Å²) >= 11 is 0. The summed E-state index contributed by atoms with van der Waals surface area (Å²) in [6.07, 6.45) is 0.612. The number of aryl methyl sites for hydroxylation is 1. The van der Waals surface area contributed by atoms with E-state index in [1.807, 2.05) is 47.7 Å². The zero-order chi connectivity index (χ0) is 21.1. The lowest BCUT2D eigenvalue weighted by Gasteiger charge is -2.35. The number of carbonyl (C=O) groups excluding carboxylic acids is 1. The predicted molar refractivity (Wildman–Crippen MR) is 109 cm³/mol. The van der Waals surface area contributed by atoms with Gasteiger partial charge in [0.2, 0.25) is 0 Å². The quantitative estimate of drug-likeness (QED) is 0.807. The molecule has 1 N–H and O–H groups in total. The minimum atomic E-state index is -0.817. The van der Waals surface area contributed by atoms with Crippen LogP contribution in [-0.4, -0.2) is 57.5 Å². The fourth-order valence-corrected chi connectivity index (χ4v) is 3.71. The van der Waals surface area contributed by atoms with Crippen molar-refractivity contribution >= 4 is 11.9 Å². The number of morpholine rings is 1. The number of aliphatic carboxylic acids is 1. The number of amides is 1. The molecule has 1 aliphatic rings. The highest BCUT2D eigenvalue weighted by Crippen LogP contribution is 2.21. The Balaban J connectivity index is 1.76. The Morgan fingerprint density at radius 2 is 1.93 bits per heavy atom. The Labute approximate surface area is 171 Å². The van der Waals surface area contributed by atoms with Crippen LogP contribution in [-0.2, 0) is 16.0 Å². The Kier molecular flexibility index (Phi) is 6.37. The minimum absolute atomic E-state index is 0.0148. The second-order valence-corrected chi connectivity index (χ2v) is 7.91. The van der Waals surface area contributed by atoms with Gasteiger partial charge in [0.15, 0.2) is 0 Å². The fraction of sp³-hybridized carbons (Fsp3) is 0.500. The Morgan fingerprint density at radius 1 is 1.24 bits per heavy atom. The number of ether oxygens (including phenoxy) is 1. The first-order chi connectivity index (χ1) is 13.8. The maximum absolute atomic E-state index is 12.9. The maximum Gasteiger partial charge on any atom is 0.303 e. The van der Waals surface area contributed by atoms with Crippen molar-refractivity contribution in [2.24, 2.45) is 5.92 Å². The summed E-state index contributed by atoms with van der Waals surface area (Å²) in [6.45, 7) is 9.83. The van der Waals surface area contributed by atoms with E-state index in [1.54, 1.807) is 0 Å². The van der Waals surface area contributed by atoms with E-state index in [-0.39, 0.29) is 18.4 Å². The van der Waals surface area contributed by atoms with E-state index >= 15 is 0 Å². The third kappa shape index (κ3) is 4.67. The number of nitrogens with zero attached hydrogens (tertiary/aromatic N) is 3. The van der Waals surface area contributed by atoms with Crippen LogP contribution in [0.5, 0.6) is 0 Å². The van der Waals surface area contributed by atoms with Crippen molar-refractivity contribution in [3.05, 3.63) is 46.8 Å². The van der Waals surface area contributed by atoms with Crippen LogP contribution in [0.25, 0.3) is 5.69 Å². The van der Waals surface area contributed by atoms with E-state index in [2.05, 4.69) is 18.9 Å². The predicted octanol–water partition coefficient (Wildman–Crippen LogP) is 3.00. The van der Waals surface area contributed by atoms with Crippen LogP contribution in [0.1, 0.15) is 47.6 Å². The van der Waals surface area contributed by atoms with Crippen molar-refractivity contribution in [1.29, 1.82) is 0 Å². The highest BCUT2D eigenvalue weighted by molar-refractivity contribution is 5.94. The number of carboxylic acids is 1. The first kappa shape index (κ1) is 21.0. The smallest absolute Gasteiger partial charge is 0.303 e. The lowest BCUT2D eigenvalue weighted by molar-refractivity contribution is -0.136. The van der Waals surface area contributed by atoms with Crippen molar-refractivity contribution in [3.8, 4) is 5.69 Å². The number of hydrogen-bond acceptors (Lipinski definition) is 4. The van der Waals surface area contributed by atoms with Crippen LogP contribution in [0.4, 0.5) is 0 Å². The Morgan fingerprint density at radius 3 is 2.55 bits per heavy atom. The first-order valence-corrected chi connectivity index (χ1v) is 10.1. The number of hydrogen-bond donors (Lipinski definition) is 1. The van der Waals surface area contributed by atoms with Crippen LogP contribution in [0.2, 0.25) is 0 Å². The van der Waals surface area contributed by atoms with Gasteiger partial charge in [0.1, 0.15) is 0 Å². The monoisotopic (exact) mass is 399 g/mol. The molecular weight excluding hydrogens is 370 g/mol. The molecule has 1 saturated heterocycles. The van der Waals surface area contributed by atoms with Gasteiger partial charge in [0.25, 0.3) is 5.91 Å². The molecule has 2 aromatic rings. The minimum Gasteiger partial charge on any atom is -0.481 e. The summed E-state index contributed by atoms with van der Waals surface area (Å²) in [5, 5.41) is 13.5. The van der Waals surface area contributed by atoms with Gasteiger partial charge in [-0.3, -0.25) is 9.59 Å². The summed E-state index contributed by atoms with van der Waals surface area (Å²) in [5.74, 6) is -0.433. The molecule has 0 saturated carbocycles. The molecule has 1 fully saturated rings. The molecule has 1 aromatic heterocycles. The van der Waals surface area contributed by atoms with Crippen molar-refractivity contribution in [2.45, 2.75) is 46.6 Å². The number of aromatic nitrogens is 2. The van der Waals surface area contributed by atoms with Gasteiger partial charge in [0, 0.05) is 30.8 Å². The number of carbonyl (C=O) groups is 2. The van der Waals surface area contributed by atoms with Gasteiger partial charge in [-0.25, -0.2) is 4.68 Å². The molecule has 29 heavy (non-hydrogen) atoms.